The Hall–Kier alpha value is -0.0800. The number of likely N-dealkylation sites (tertiary alicyclic amines) is 1. The molecule has 1 aliphatic carbocycles. The van der Waals surface area contributed by atoms with Crippen LogP contribution in [0.4, 0.5) is 0 Å². The molecule has 19 heavy (non-hydrogen) atoms. The molecule has 112 valence electrons. The molecule has 1 saturated carbocycles. The van der Waals surface area contributed by atoms with Gasteiger partial charge in [-0.3, -0.25) is 4.90 Å². The maximum absolute atomic E-state index is 3.76. The van der Waals surface area contributed by atoms with Gasteiger partial charge in [-0.2, -0.15) is 0 Å². The molecule has 0 spiro atoms. The fourth-order valence-electron chi connectivity index (χ4n) is 4.24. The van der Waals surface area contributed by atoms with E-state index in [9.17, 15) is 0 Å². The van der Waals surface area contributed by atoms with Crippen molar-refractivity contribution < 1.29 is 0 Å². The average Bonchev–Trinajstić information content (AvgIpc) is 2.72. The van der Waals surface area contributed by atoms with Gasteiger partial charge in [0.1, 0.15) is 0 Å². The number of hydrogen-bond donors (Lipinski definition) is 1. The van der Waals surface area contributed by atoms with Crippen LogP contribution in [0.5, 0.6) is 0 Å². The summed E-state index contributed by atoms with van der Waals surface area (Å²) in [5.74, 6) is 0.980. The van der Waals surface area contributed by atoms with E-state index in [1.54, 1.807) is 0 Å². The molecule has 3 unspecified atom stereocenters. The molecule has 2 heteroatoms. The number of nitrogens with zero attached hydrogens (tertiary/aromatic N) is 1. The van der Waals surface area contributed by atoms with Gasteiger partial charge in [0, 0.05) is 18.6 Å². The first-order valence-corrected chi connectivity index (χ1v) is 8.53. The molecule has 1 N–H and O–H groups in total. The topological polar surface area (TPSA) is 15.3 Å². The van der Waals surface area contributed by atoms with Gasteiger partial charge in [-0.05, 0) is 50.1 Å². The maximum Gasteiger partial charge on any atom is 0.0252 e. The molecule has 3 atom stereocenters. The minimum atomic E-state index is 0.536. The summed E-state index contributed by atoms with van der Waals surface area (Å²) in [5.41, 5.74) is 0.536. The second-order valence-electron chi connectivity index (χ2n) is 7.58. The molecule has 1 aliphatic heterocycles. The third-order valence-electron chi connectivity index (χ3n) is 5.26. The van der Waals surface area contributed by atoms with Crippen LogP contribution in [0.15, 0.2) is 0 Å². The van der Waals surface area contributed by atoms with E-state index in [2.05, 4.69) is 37.9 Å². The summed E-state index contributed by atoms with van der Waals surface area (Å²) in [5, 5.41) is 3.76. The van der Waals surface area contributed by atoms with Gasteiger partial charge in [-0.15, -0.1) is 0 Å². The van der Waals surface area contributed by atoms with Crippen molar-refractivity contribution in [3.05, 3.63) is 0 Å². The van der Waals surface area contributed by atoms with Gasteiger partial charge in [-0.25, -0.2) is 0 Å². The zero-order valence-corrected chi connectivity index (χ0v) is 13.5. The first-order chi connectivity index (χ1) is 9.05. The Kier molecular flexibility index (Phi) is 5.30. The largest absolute Gasteiger partial charge is 0.313 e. The smallest absolute Gasteiger partial charge is 0.0252 e. The molecule has 0 bridgehead atoms. The highest BCUT2D eigenvalue weighted by Crippen LogP contribution is 2.36. The van der Waals surface area contributed by atoms with Crippen molar-refractivity contribution in [2.45, 2.75) is 78.3 Å². The summed E-state index contributed by atoms with van der Waals surface area (Å²) in [7, 11) is 0. The first-order valence-electron chi connectivity index (χ1n) is 8.53. The third-order valence-corrected chi connectivity index (χ3v) is 5.26. The number of likely N-dealkylation sites (N-methyl/N-ethyl adjacent to an activating group) is 1. The minimum absolute atomic E-state index is 0.536. The first kappa shape index (κ1) is 15.3. The van der Waals surface area contributed by atoms with Crippen molar-refractivity contribution in [1.29, 1.82) is 0 Å². The molecule has 2 fully saturated rings. The standard InChI is InChI=1S/C17H34N2/c1-5-7-14-8-9-15(18-6-2)16(12-14)19-11-10-17(3,4)13-19/h14-16,18H,5-13H2,1-4H3. The number of nitrogens with one attached hydrogen (secondary N) is 1. The Morgan fingerprint density at radius 3 is 2.58 bits per heavy atom. The van der Waals surface area contributed by atoms with Gasteiger partial charge < -0.3 is 5.32 Å². The summed E-state index contributed by atoms with van der Waals surface area (Å²) in [6.07, 6.45) is 8.43. The normalized spacial score (nSPS) is 35.7. The fraction of sp³-hybridized carbons (Fsp3) is 1.00. The molecule has 2 aliphatic rings. The second-order valence-corrected chi connectivity index (χ2v) is 7.58. The molecule has 0 aromatic heterocycles. The molecule has 2 rings (SSSR count). The zero-order valence-electron chi connectivity index (χ0n) is 13.5. The Morgan fingerprint density at radius 1 is 1.21 bits per heavy atom. The van der Waals surface area contributed by atoms with Crippen LogP contribution in [0.1, 0.15) is 66.2 Å². The SMILES string of the molecule is CCCC1CCC(NCC)C(N2CCC(C)(C)C2)C1. The summed E-state index contributed by atoms with van der Waals surface area (Å²) >= 11 is 0. The molecule has 0 aromatic carbocycles. The Labute approximate surface area is 120 Å². The molecule has 1 saturated heterocycles. The van der Waals surface area contributed by atoms with Gasteiger partial charge in [0.15, 0.2) is 0 Å². The van der Waals surface area contributed by atoms with Crippen molar-refractivity contribution >= 4 is 0 Å². The van der Waals surface area contributed by atoms with Crippen LogP contribution >= 0.6 is 0 Å². The predicted molar refractivity (Wildman–Crippen MR) is 83.5 cm³/mol. The van der Waals surface area contributed by atoms with Crippen molar-refractivity contribution in [3.8, 4) is 0 Å². The van der Waals surface area contributed by atoms with Crippen molar-refractivity contribution in [1.82, 2.24) is 10.2 Å². The van der Waals surface area contributed by atoms with E-state index in [1.807, 2.05) is 0 Å². The van der Waals surface area contributed by atoms with Gasteiger partial charge in [-0.1, -0.05) is 40.5 Å². The molecule has 1 heterocycles. The molecule has 0 aromatic rings. The summed E-state index contributed by atoms with van der Waals surface area (Å²) < 4.78 is 0. The van der Waals surface area contributed by atoms with Gasteiger partial charge in [0.25, 0.3) is 0 Å². The molecule has 2 nitrogen and oxygen atoms in total. The predicted octanol–water partition coefficient (Wildman–Crippen LogP) is 3.67. The quantitative estimate of drug-likeness (QED) is 0.817. The van der Waals surface area contributed by atoms with Crippen LogP contribution in [-0.2, 0) is 0 Å². The van der Waals surface area contributed by atoms with Gasteiger partial charge in [0.05, 0.1) is 0 Å². The highest BCUT2D eigenvalue weighted by Gasteiger charge is 2.39. The van der Waals surface area contributed by atoms with Crippen LogP contribution in [0.3, 0.4) is 0 Å². The maximum atomic E-state index is 3.76. The van der Waals surface area contributed by atoms with Crippen molar-refractivity contribution in [2.24, 2.45) is 11.3 Å². The van der Waals surface area contributed by atoms with Crippen LogP contribution in [0, 0.1) is 11.3 Å². The zero-order chi connectivity index (χ0) is 13.9. The van der Waals surface area contributed by atoms with E-state index < -0.39 is 0 Å². The summed E-state index contributed by atoms with van der Waals surface area (Å²) in [4.78, 5) is 2.80. The highest BCUT2D eigenvalue weighted by atomic mass is 15.2. The van der Waals surface area contributed by atoms with E-state index in [-0.39, 0.29) is 0 Å². The van der Waals surface area contributed by atoms with E-state index in [4.69, 9.17) is 0 Å². The van der Waals surface area contributed by atoms with Gasteiger partial charge >= 0.3 is 0 Å². The average molecular weight is 266 g/mol. The molecular weight excluding hydrogens is 232 g/mol. The number of hydrogen-bond acceptors (Lipinski definition) is 2. The lowest BCUT2D eigenvalue weighted by molar-refractivity contribution is 0.107. The van der Waals surface area contributed by atoms with Crippen LogP contribution < -0.4 is 5.32 Å². The molecule has 0 radical (unpaired) electrons. The Bertz CT molecular complexity index is 274. The third kappa shape index (κ3) is 3.95. The lowest BCUT2D eigenvalue weighted by Gasteiger charge is -2.42. The van der Waals surface area contributed by atoms with E-state index >= 15 is 0 Å². The van der Waals surface area contributed by atoms with Crippen LogP contribution in [-0.4, -0.2) is 36.6 Å². The monoisotopic (exact) mass is 266 g/mol. The van der Waals surface area contributed by atoms with Gasteiger partial charge in [0.2, 0.25) is 0 Å². The molecular formula is C17H34N2. The van der Waals surface area contributed by atoms with Crippen molar-refractivity contribution in [3.63, 3.8) is 0 Å². The van der Waals surface area contributed by atoms with E-state index in [0.717, 1.165) is 24.5 Å². The Balaban J connectivity index is 1.99. The lowest BCUT2D eigenvalue weighted by Crippen LogP contribution is -2.52. The summed E-state index contributed by atoms with van der Waals surface area (Å²) in [6.45, 7) is 13.2. The van der Waals surface area contributed by atoms with Crippen LogP contribution in [0.2, 0.25) is 0 Å². The fourth-order valence-corrected chi connectivity index (χ4v) is 4.24. The van der Waals surface area contributed by atoms with Crippen molar-refractivity contribution in [2.75, 3.05) is 19.6 Å². The highest BCUT2D eigenvalue weighted by molar-refractivity contribution is 4.95. The molecule has 0 amide bonds. The summed E-state index contributed by atoms with van der Waals surface area (Å²) in [6, 6.07) is 1.54. The lowest BCUT2D eigenvalue weighted by atomic mass is 9.79. The van der Waals surface area contributed by atoms with Crippen LogP contribution in [0.25, 0.3) is 0 Å². The van der Waals surface area contributed by atoms with E-state index in [1.165, 1.54) is 51.6 Å². The minimum Gasteiger partial charge on any atom is -0.313 e. The Morgan fingerprint density at radius 2 is 2.00 bits per heavy atom. The second kappa shape index (κ2) is 6.58. The number of rotatable bonds is 5. The van der Waals surface area contributed by atoms with E-state index in [0.29, 0.717) is 5.41 Å².